The molecule has 8 nitrogen and oxygen atoms in total. The summed E-state index contributed by atoms with van der Waals surface area (Å²) in [6.07, 6.45) is 1.64. The van der Waals surface area contributed by atoms with E-state index >= 15 is 0 Å². The van der Waals surface area contributed by atoms with Gasteiger partial charge in [0.2, 0.25) is 11.8 Å². The van der Waals surface area contributed by atoms with Gasteiger partial charge in [0.05, 0.1) is 25.6 Å². The molecule has 0 radical (unpaired) electrons. The molecule has 1 saturated heterocycles. The minimum absolute atomic E-state index is 0.0329. The Hall–Kier alpha value is -3.36. The van der Waals surface area contributed by atoms with Crippen LogP contribution in [0.2, 0.25) is 5.02 Å². The third-order valence-corrected chi connectivity index (χ3v) is 6.76. The molecular formula is C26H29ClN4O4. The minimum Gasteiger partial charge on any atom is -0.497 e. The number of carbonyl (C=O) groups excluding carboxylic acids is 3. The Morgan fingerprint density at radius 2 is 1.80 bits per heavy atom. The lowest BCUT2D eigenvalue weighted by Gasteiger charge is -2.31. The first-order valence-corrected chi connectivity index (χ1v) is 11.9. The van der Waals surface area contributed by atoms with Crippen LogP contribution < -0.4 is 15.8 Å². The summed E-state index contributed by atoms with van der Waals surface area (Å²) in [7, 11) is 1.58. The van der Waals surface area contributed by atoms with Crippen molar-refractivity contribution < 1.29 is 19.1 Å². The monoisotopic (exact) mass is 496 g/mol. The Bertz CT molecular complexity index is 1260. The van der Waals surface area contributed by atoms with Crippen molar-refractivity contribution in [2.24, 2.45) is 5.73 Å². The van der Waals surface area contributed by atoms with E-state index in [0.717, 1.165) is 23.8 Å². The highest BCUT2D eigenvalue weighted by Gasteiger charge is 2.25. The fraction of sp³-hybridized carbons (Fsp3) is 0.346. The summed E-state index contributed by atoms with van der Waals surface area (Å²) < 4.78 is 7.04. The van der Waals surface area contributed by atoms with E-state index in [-0.39, 0.29) is 36.7 Å². The van der Waals surface area contributed by atoms with Gasteiger partial charge in [-0.1, -0.05) is 11.6 Å². The van der Waals surface area contributed by atoms with Crippen LogP contribution in [-0.2, 0) is 16.0 Å². The van der Waals surface area contributed by atoms with E-state index in [4.69, 9.17) is 22.1 Å². The molecule has 2 aromatic carbocycles. The standard InChI is InChI=1S/C26H29ClN4O4/c1-16-21(14-25(33)29-19-9-11-30(12-10-19)15-24(28)32)22-13-20(35-2)7-8-23(22)31(16)26(34)17-3-5-18(27)6-4-17/h3-8,13,19H,9-12,14-15H2,1-2H3,(H2,28,32)(H,29,33). The maximum atomic E-state index is 13.4. The van der Waals surface area contributed by atoms with Crippen molar-refractivity contribution in [3.05, 3.63) is 64.3 Å². The number of hydrogen-bond acceptors (Lipinski definition) is 5. The number of fused-ring (bicyclic) bond motifs is 1. The number of benzene rings is 2. The highest BCUT2D eigenvalue weighted by molar-refractivity contribution is 6.30. The highest BCUT2D eigenvalue weighted by atomic mass is 35.5. The van der Waals surface area contributed by atoms with Crippen molar-refractivity contribution in [3.63, 3.8) is 0 Å². The molecule has 0 unspecified atom stereocenters. The van der Waals surface area contributed by atoms with Gasteiger partial charge in [0, 0.05) is 40.8 Å². The lowest BCUT2D eigenvalue weighted by Crippen LogP contribution is -2.47. The Kier molecular flexibility index (Phi) is 7.42. The van der Waals surface area contributed by atoms with Crippen molar-refractivity contribution in [2.75, 3.05) is 26.7 Å². The molecule has 3 N–H and O–H groups in total. The van der Waals surface area contributed by atoms with Gasteiger partial charge in [0.25, 0.3) is 5.91 Å². The highest BCUT2D eigenvalue weighted by Crippen LogP contribution is 2.31. The van der Waals surface area contributed by atoms with Crippen molar-refractivity contribution >= 4 is 40.2 Å². The molecule has 9 heteroatoms. The lowest BCUT2D eigenvalue weighted by atomic mass is 10.0. The first-order chi connectivity index (χ1) is 16.8. The first-order valence-electron chi connectivity index (χ1n) is 11.5. The lowest BCUT2D eigenvalue weighted by molar-refractivity contribution is -0.122. The molecule has 1 aromatic heterocycles. The number of methoxy groups -OCH3 is 1. The molecule has 1 aliphatic rings. The van der Waals surface area contributed by atoms with Crippen LogP contribution in [0.25, 0.3) is 10.9 Å². The third-order valence-electron chi connectivity index (χ3n) is 6.51. The van der Waals surface area contributed by atoms with Gasteiger partial charge < -0.3 is 15.8 Å². The molecule has 1 fully saturated rings. The number of nitrogens with two attached hydrogens (primary N) is 1. The molecule has 0 atom stereocenters. The zero-order valence-electron chi connectivity index (χ0n) is 19.8. The van der Waals surface area contributed by atoms with Crippen molar-refractivity contribution in [1.82, 2.24) is 14.8 Å². The molecule has 0 saturated carbocycles. The maximum absolute atomic E-state index is 13.4. The van der Waals surface area contributed by atoms with E-state index in [2.05, 4.69) is 5.32 Å². The summed E-state index contributed by atoms with van der Waals surface area (Å²) in [5.41, 5.74) is 7.99. The van der Waals surface area contributed by atoms with Gasteiger partial charge in [-0.25, -0.2) is 0 Å². The minimum atomic E-state index is -0.345. The summed E-state index contributed by atoms with van der Waals surface area (Å²) in [6, 6.07) is 12.3. The number of primary amides is 1. The van der Waals surface area contributed by atoms with Gasteiger partial charge in [-0.3, -0.25) is 23.9 Å². The van der Waals surface area contributed by atoms with Gasteiger partial charge in [-0.2, -0.15) is 0 Å². The van der Waals surface area contributed by atoms with Crippen LogP contribution >= 0.6 is 11.6 Å². The predicted octanol–water partition coefficient (Wildman–Crippen LogP) is 2.91. The summed E-state index contributed by atoms with van der Waals surface area (Å²) in [6.45, 7) is 3.51. The second-order valence-corrected chi connectivity index (χ2v) is 9.29. The molecule has 0 aliphatic carbocycles. The Morgan fingerprint density at radius 1 is 1.11 bits per heavy atom. The molecular weight excluding hydrogens is 468 g/mol. The number of rotatable bonds is 7. The number of halogens is 1. The molecule has 2 heterocycles. The van der Waals surface area contributed by atoms with Crippen molar-refractivity contribution in [1.29, 1.82) is 0 Å². The van der Waals surface area contributed by atoms with Crippen LogP contribution in [0.3, 0.4) is 0 Å². The number of hydrogen-bond donors (Lipinski definition) is 2. The number of likely N-dealkylation sites (tertiary alicyclic amines) is 1. The van der Waals surface area contributed by atoms with Gasteiger partial charge >= 0.3 is 0 Å². The summed E-state index contributed by atoms with van der Waals surface area (Å²) in [4.78, 5) is 39.6. The number of nitrogens with one attached hydrogen (secondary N) is 1. The third kappa shape index (κ3) is 5.49. The number of nitrogens with zero attached hydrogens (tertiary/aromatic N) is 2. The predicted molar refractivity (Wildman–Crippen MR) is 135 cm³/mol. The van der Waals surface area contributed by atoms with Crippen LogP contribution in [0.15, 0.2) is 42.5 Å². The molecule has 184 valence electrons. The topological polar surface area (TPSA) is 107 Å². The Balaban J connectivity index is 1.58. The second-order valence-electron chi connectivity index (χ2n) is 8.86. The molecule has 0 bridgehead atoms. The SMILES string of the molecule is COc1ccc2c(c1)c(CC(=O)NC1CCN(CC(N)=O)CC1)c(C)n2C(=O)c1ccc(Cl)cc1. The van der Waals surface area contributed by atoms with Gasteiger partial charge in [0.1, 0.15) is 5.75 Å². The number of amides is 2. The molecule has 35 heavy (non-hydrogen) atoms. The van der Waals surface area contributed by atoms with Crippen molar-refractivity contribution in [3.8, 4) is 5.75 Å². The van der Waals surface area contributed by atoms with Crippen LogP contribution in [-0.4, -0.2) is 60.0 Å². The first kappa shape index (κ1) is 24.8. The number of carbonyl (C=O) groups is 3. The molecule has 1 aliphatic heterocycles. The zero-order chi connectivity index (χ0) is 25.1. The van der Waals surface area contributed by atoms with E-state index in [1.807, 2.05) is 24.0 Å². The fourth-order valence-corrected chi connectivity index (χ4v) is 4.82. The van der Waals surface area contributed by atoms with E-state index < -0.39 is 0 Å². The smallest absolute Gasteiger partial charge is 0.262 e. The quantitative estimate of drug-likeness (QED) is 0.523. The Labute approximate surface area is 209 Å². The largest absolute Gasteiger partial charge is 0.497 e. The van der Waals surface area contributed by atoms with Crippen LogP contribution in [0.5, 0.6) is 5.75 Å². The summed E-state index contributed by atoms with van der Waals surface area (Å²) in [5, 5.41) is 4.47. The van der Waals surface area contributed by atoms with Crippen molar-refractivity contribution in [2.45, 2.75) is 32.2 Å². The van der Waals surface area contributed by atoms with Crippen LogP contribution in [0.4, 0.5) is 0 Å². The van der Waals surface area contributed by atoms with Gasteiger partial charge in [-0.15, -0.1) is 0 Å². The Morgan fingerprint density at radius 3 is 2.43 bits per heavy atom. The maximum Gasteiger partial charge on any atom is 0.262 e. The number of piperidine rings is 1. The average molecular weight is 497 g/mol. The molecule has 3 aromatic rings. The van der Waals surface area contributed by atoms with Crippen LogP contribution in [0, 0.1) is 6.92 Å². The zero-order valence-corrected chi connectivity index (χ0v) is 20.6. The summed E-state index contributed by atoms with van der Waals surface area (Å²) in [5.74, 6) is 0.00470. The molecule has 2 amide bonds. The normalized spacial score (nSPS) is 14.7. The van der Waals surface area contributed by atoms with E-state index in [0.29, 0.717) is 40.6 Å². The second kappa shape index (κ2) is 10.5. The van der Waals surface area contributed by atoms with E-state index in [1.165, 1.54) is 0 Å². The van der Waals surface area contributed by atoms with Gasteiger partial charge in [0.15, 0.2) is 0 Å². The van der Waals surface area contributed by atoms with Crippen LogP contribution in [0.1, 0.15) is 34.5 Å². The number of ether oxygens (including phenoxy) is 1. The molecule has 4 rings (SSSR count). The van der Waals surface area contributed by atoms with Gasteiger partial charge in [-0.05, 0) is 67.8 Å². The average Bonchev–Trinajstić information content (AvgIpc) is 3.10. The number of aromatic nitrogens is 1. The summed E-state index contributed by atoms with van der Waals surface area (Å²) >= 11 is 5.99. The van der Waals surface area contributed by atoms with E-state index in [1.54, 1.807) is 42.0 Å². The fourth-order valence-electron chi connectivity index (χ4n) is 4.69. The van der Waals surface area contributed by atoms with E-state index in [9.17, 15) is 14.4 Å². The molecule has 0 spiro atoms.